The molecule has 0 atom stereocenters. The Kier molecular flexibility index (Phi) is 4.83. The van der Waals surface area contributed by atoms with Crippen molar-refractivity contribution in [2.45, 2.75) is 45.7 Å². The summed E-state index contributed by atoms with van der Waals surface area (Å²) < 4.78 is 5.40. The lowest BCUT2D eigenvalue weighted by Gasteiger charge is -2.25. The van der Waals surface area contributed by atoms with Crippen LogP contribution in [0.5, 0.6) is 5.75 Å². The highest BCUT2D eigenvalue weighted by Gasteiger charge is 2.32. The van der Waals surface area contributed by atoms with E-state index in [-0.39, 0.29) is 11.9 Å². The Labute approximate surface area is 121 Å². The largest absolute Gasteiger partial charge is 0.494 e. The molecule has 1 amide bonds. The van der Waals surface area contributed by atoms with E-state index in [4.69, 9.17) is 4.74 Å². The zero-order chi connectivity index (χ0) is 14.5. The van der Waals surface area contributed by atoms with Gasteiger partial charge in [0, 0.05) is 18.2 Å². The molecular formula is C17H23NO2. The van der Waals surface area contributed by atoms with E-state index in [0.717, 1.165) is 24.2 Å². The van der Waals surface area contributed by atoms with Crippen LogP contribution < -0.4 is 4.74 Å². The van der Waals surface area contributed by atoms with Gasteiger partial charge in [0.25, 0.3) is 0 Å². The molecule has 1 aromatic carbocycles. The van der Waals surface area contributed by atoms with Crippen LogP contribution in [0.15, 0.2) is 30.3 Å². The van der Waals surface area contributed by atoms with Crippen molar-refractivity contribution in [2.75, 3.05) is 6.61 Å². The molecule has 0 unspecified atom stereocenters. The van der Waals surface area contributed by atoms with Crippen molar-refractivity contribution < 1.29 is 9.53 Å². The molecule has 0 spiro atoms. The zero-order valence-corrected chi connectivity index (χ0v) is 12.5. The highest BCUT2D eigenvalue weighted by molar-refractivity contribution is 5.92. The normalized spacial score (nSPS) is 14.8. The molecule has 0 saturated heterocycles. The Hall–Kier alpha value is -1.77. The maximum absolute atomic E-state index is 12.2. The van der Waals surface area contributed by atoms with Gasteiger partial charge in [-0.05, 0) is 57.4 Å². The standard InChI is InChI=1S/C17H23NO2/c1-4-20-16-10-5-14(6-11-16)7-12-17(19)18(13(2)3)15-8-9-15/h5-7,10-13,15H,4,8-9H2,1-3H3/b12-7+. The summed E-state index contributed by atoms with van der Waals surface area (Å²) in [6.07, 6.45) is 5.82. The van der Waals surface area contributed by atoms with Crippen molar-refractivity contribution in [1.29, 1.82) is 0 Å². The quantitative estimate of drug-likeness (QED) is 0.742. The van der Waals surface area contributed by atoms with Crippen LogP contribution in [-0.2, 0) is 4.79 Å². The van der Waals surface area contributed by atoms with Crippen molar-refractivity contribution >= 4 is 12.0 Å². The number of hydrogen-bond donors (Lipinski definition) is 0. The molecule has 1 aromatic rings. The van der Waals surface area contributed by atoms with Gasteiger partial charge in [-0.2, -0.15) is 0 Å². The van der Waals surface area contributed by atoms with E-state index in [2.05, 4.69) is 13.8 Å². The number of amides is 1. The first-order chi connectivity index (χ1) is 9.61. The summed E-state index contributed by atoms with van der Waals surface area (Å²) in [5.41, 5.74) is 1.02. The number of benzene rings is 1. The minimum Gasteiger partial charge on any atom is -0.494 e. The lowest BCUT2D eigenvalue weighted by molar-refractivity contribution is -0.128. The Morgan fingerprint density at radius 2 is 2.00 bits per heavy atom. The number of carbonyl (C=O) groups excluding carboxylic acids is 1. The minimum absolute atomic E-state index is 0.108. The van der Waals surface area contributed by atoms with Crippen LogP contribution in [0.1, 0.15) is 39.2 Å². The molecule has 0 N–H and O–H groups in total. The molecule has 0 aliphatic heterocycles. The van der Waals surface area contributed by atoms with Gasteiger partial charge in [0.05, 0.1) is 6.61 Å². The topological polar surface area (TPSA) is 29.5 Å². The van der Waals surface area contributed by atoms with Crippen LogP contribution in [0, 0.1) is 0 Å². The van der Waals surface area contributed by atoms with Gasteiger partial charge in [0.2, 0.25) is 5.91 Å². The molecule has 3 nitrogen and oxygen atoms in total. The number of hydrogen-bond acceptors (Lipinski definition) is 2. The molecule has 3 heteroatoms. The smallest absolute Gasteiger partial charge is 0.247 e. The van der Waals surface area contributed by atoms with Crippen molar-refractivity contribution in [3.8, 4) is 5.75 Å². The van der Waals surface area contributed by atoms with Gasteiger partial charge in [0.15, 0.2) is 0 Å². The van der Waals surface area contributed by atoms with Gasteiger partial charge in [0.1, 0.15) is 5.75 Å². The van der Waals surface area contributed by atoms with Crippen LogP contribution in [0.25, 0.3) is 6.08 Å². The molecule has 1 saturated carbocycles. The van der Waals surface area contributed by atoms with Gasteiger partial charge < -0.3 is 9.64 Å². The summed E-state index contributed by atoms with van der Waals surface area (Å²) in [6.45, 7) is 6.77. The van der Waals surface area contributed by atoms with E-state index in [1.165, 1.54) is 0 Å². The Morgan fingerprint density at radius 3 is 2.50 bits per heavy atom. The van der Waals surface area contributed by atoms with E-state index >= 15 is 0 Å². The van der Waals surface area contributed by atoms with Gasteiger partial charge >= 0.3 is 0 Å². The average molecular weight is 273 g/mol. The van der Waals surface area contributed by atoms with E-state index in [0.29, 0.717) is 12.6 Å². The molecule has 2 rings (SSSR count). The Morgan fingerprint density at radius 1 is 1.35 bits per heavy atom. The van der Waals surface area contributed by atoms with E-state index in [9.17, 15) is 4.79 Å². The van der Waals surface area contributed by atoms with Crippen LogP contribution in [0.4, 0.5) is 0 Å². The second-order valence-corrected chi connectivity index (χ2v) is 5.41. The fraction of sp³-hybridized carbons (Fsp3) is 0.471. The molecule has 108 valence electrons. The highest BCUT2D eigenvalue weighted by atomic mass is 16.5. The van der Waals surface area contributed by atoms with E-state index in [1.807, 2.05) is 42.2 Å². The molecule has 0 aromatic heterocycles. The molecule has 20 heavy (non-hydrogen) atoms. The summed E-state index contributed by atoms with van der Waals surface area (Å²) >= 11 is 0. The highest BCUT2D eigenvalue weighted by Crippen LogP contribution is 2.28. The van der Waals surface area contributed by atoms with Crippen LogP contribution >= 0.6 is 0 Å². The van der Waals surface area contributed by atoms with Crippen molar-refractivity contribution in [2.24, 2.45) is 0 Å². The van der Waals surface area contributed by atoms with Crippen molar-refractivity contribution in [3.63, 3.8) is 0 Å². The third-order valence-electron chi connectivity index (χ3n) is 3.36. The maximum atomic E-state index is 12.2. The second-order valence-electron chi connectivity index (χ2n) is 5.41. The molecular weight excluding hydrogens is 250 g/mol. The van der Waals surface area contributed by atoms with Crippen LogP contribution in [0.3, 0.4) is 0 Å². The van der Waals surface area contributed by atoms with Crippen LogP contribution in [-0.4, -0.2) is 29.5 Å². The monoisotopic (exact) mass is 273 g/mol. The number of carbonyl (C=O) groups is 1. The summed E-state index contributed by atoms with van der Waals surface area (Å²) in [6, 6.07) is 8.49. The van der Waals surface area contributed by atoms with Crippen molar-refractivity contribution in [1.82, 2.24) is 4.90 Å². The second kappa shape index (κ2) is 6.60. The zero-order valence-electron chi connectivity index (χ0n) is 12.5. The average Bonchev–Trinajstić information content (AvgIpc) is 3.23. The first-order valence-corrected chi connectivity index (χ1v) is 7.35. The predicted octanol–water partition coefficient (Wildman–Crippen LogP) is 3.50. The predicted molar refractivity (Wildman–Crippen MR) is 81.6 cm³/mol. The SMILES string of the molecule is CCOc1ccc(/C=C/C(=O)N(C(C)C)C2CC2)cc1. The third kappa shape index (κ3) is 3.86. The molecule has 0 radical (unpaired) electrons. The summed E-state index contributed by atoms with van der Waals surface area (Å²) in [4.78, 5) is 14.2. The molecule has 1 aliphatic rings. The van der Waals surface area contributed by atoms with Crippen molar-refractivity contribution in [3.05, 3.63) is 35.9 Å². The van der Waals surface area contributed by atoms with Gasteiger partial charge in [-0.3, -0.25) is 4.79 Å². The van der Waals surface area contributed by atoms with Gasteiger partial charge in [-0.25, -0.2) is 0 Å². The summed E-state index contributed by atoms with van der Waals surface area (Å²) in [5.74, 6) is 0.967. The number of rotatable bonds is 6. The Balaban J connectivity index is 1.98. The fourth-order valence-corrected chi connectivity index (χ4v) is 2.30. The third-order valence-corrected chi connectivity index (χ3v) is 3.36. The lowest BCUT2D eigenvalue weighted by Crippen LogP contribution is -2.37. The lowest BCUT2D eigenvalue weighted by atomic mass is 10.2. The Bertz CT molecular complexity index is 470. The summed E-state index contributed by atoms with van der Waals surface area (Å²) in [5, 5.41) is 0. The van der Waals surface area contributed by atoms with E-state index in [1.54, 1.807) is 6.08 Å². The van der Waals surface area contributed by atoms with Crippen LogP contribution in [0.2, 0.25) is 0 Å². The molecule has 1 fully saturated rings. The first-order valence-electron chi connectivity index (χ1n) is 7.35. The fourth-order valence-electron chi connectivity index (χ4n) is 2.30. The first kappa shape index (κ1) is 14.6. The molecule has 0 bridgehead atoms. The number of nitrogens with zero attached hydrogens (tertiary/aromatic N) is 1. The van der Waals surface area contributed by atoms with Gasteiger partial charge in [-0.1, -0.05) is 12.1 Å². The number of ether oxygens (including phenoxy) is 1. The maximum Gasteiger partial charge on any atom is 0.247 e. The molecule has 1 aliphatic carbocycles. The molecule has 0 heterocycles. The summed E-state index contributed by atoms with van der Waals surface area (Å²) in [7, 11) is 0. The van der Waals surface area contributed by atoms with E-state index < -0.39 is 0 Å². The van der Waals surface area contributed by atoms with Gasteiger partial charge in [-0.15, -0.1) is 0 Å². The minimum atomic E-state index is 0.108.